The van der Waals surface area contributed by atoms with Gasteiger partial charge in [-0.3, -0.25) is 0 Å². The van der Waals surface area contributed by atoms with Crippen molar-refractivity contribution in [2.45, 2.75) is 20.0 Å². The molecule has 0 aliphatic rings. The van der Waals surface area contributed by atoms with Crippen LogP contribution in [0.4, 0.5) is 4.79 Å². The fourth-order valence-corrected chi connectivity index (χ4v) is 3.36. The third-order valence-corrected chi connectivity index (χ3v) is 5.36. The van der Waals surface area contributed by atoms with E-state index in [-0.39, 0.29) is 12.6 Å². The minimum atomic E-state index is -0.233. The molecule has 1 N–H and O–H groups in total. The Morgan fingerprint density at radius 3 is 2.85 bits per heavy atom. The normalized spacial score (nSPS) is 10.8. The van der Waals surface area contributed by atoms with Gasteiger partial charge in [0.2, 0.25) is 0 Å². The highest BCUT2D eigenvalue weighted by atomic mass is 35.5. The van der Waals surface area contributed by atoms with Crippen LogP contribution < -0.4 is 5.32 Å². The molecule has 0 aliphatic heterocycles. The second kappa shape index (κ2) is 8.12. The predicted molar refractivity (Wildman–Crippen MR) is 105 cm³/mol. The van der Waals surface area contributed by atoms with E-state index in [9.17, 15) is 4.79 Å². The lowest BCUT2D eigenvalue weighted by molar-refractivity contribution is 0.205. The van der Waals surface area contributed by atoms with E-state index >= 15 is 0 Å². The molecule has 0 aliphatic carbocycles. The largest absolute Gasteiger partial charge is 0.458 e. The molecule has 0 bridgehead atoms. The molecule has 0 unspecified atom stereocenters. The van der Waals surface area contributed by atoms with Crippen molar-refractivity contribution in [2.24, 2.45) is 0 Å². The van der Waals surface area contributed by atoms with Gasteiger partial charge in [0.1, 0.15) is 11.5 Å². The number of hydrogen-bond acceptors (Lipinski definition) is 4. The van der Waals surface area contributed by atoms with Crippen LogP contribution in [0, 0.1) is 6.92 Å². The van der Waals surface area contributed by atoms with Crippen molar-refractivity contribution in [3.63, 3.8) is 0 Å². The zero-order valence-electron chi connectivity index (χ0n) is 14.3. The Hall–Kier alpha value is -2.02. The Kier molecular flexibility index (Phi) is 5.86. The predicted octanol–water partition coefficient (Wildman–Crippen LogP) is 5.36. The van der Waals surface area contributed by atoms with E-state index < -0.39 is 0 Å². The van der Waals surface area contributed by atoms with E-state index in [0.717, 1.165) is 16.3 Å². The van der Waals surface area contributed by atoms with Crippen molar-refractivity contribution in [3.05, 3.63) is 62.1 Å². The number of furan rings is 1. The molecule has 0 spiro atoms. The number of nitrogens with zero attached hydrogens (tertiary/aromatic N) is 2. The second-order valence-electron chi connectivity index (χ2n) is 5.75. The Balaban J connectivity index is 1.57. The first-order valence-corrected chi connectivity index (χ1v) is 9.50. The van der Waals surface area contributed by atoms with Gasteiger partial charge in [-0.1, -0.05) is 35.3 Å². The second-order valence-corrected chi connectivity index (χ2v) is 7.59. The molecule has 136 valence electrons. The molecule has 2 amide bonds. The highest BCUT2D eigenvalue weighted by molar-refractivity contribution is 7.09. The molecular weight excluding hydrogens is 393 g/mol. The molecule has 5 nitrogen and oxygen atoms in total. The summed E-state index contributed by atoms with van der Waals surface area (Å²) in [4.78, 5) is 18.2. The Bertz CT molecular complexity index is 923. The topological polar surface area (TPSA) is 58.4 Å². The van der Waals surface area contributed by atoms with Crippen molar-refractivity contribution in [3.8, 4) is 11.5 Å². The number of aromatic nitrogens is 1. The van der Waals surface area contributed by atoms with E-state index in [1.807, 2.05) is 30.5 Å². The smallest absolute Gasteiger partial charge is 0.317 e. The summed E-state index contributed by atoms with van der Waals surface area (Å²) in [5, 5.41) is 6.68. The monoisotopic (exact) mass is 409 g/mol. The van der Waals surface area contributed by atoms with Crippen LogP contribution in [0.25, 0.3) is 11.5 Å². The number of hydrogen-bond donors (Lipinski definition) is 1. The molecule has 2 heterocycles. The third-order valence-electron chi connectivity index (χ3n) is 3.73. The highest BCUT2D eigenvalue weighted by Gasteiger charge is 2.13. The van der Waals surface area contributed by atoms with E-state index in [4.69, 9.17) is 27.6 Å². The lowest BCUT2D eigenvalue weighted by atomic mass is 10.2. The highest BCUT2D eigenvalue weighted by Crippen LogP contribution is 2.26. The van der Waals surface area contributed by atoms with Gasteiger partial charge in [-0.25, -0.2) is 9.78 Å². The van der Waals surface area contributed by atoms with E-state index in [0.29, 0.717) is 28.1 Å². The number of thiazole rings is 1. The molecule has 2 aromatic heterocycles. The molecule has 0 fully saturated rings. The van der Waals surface area contributed by atoms with E-state index in [2.05, 4.69) is 10.3 Å². The number of carbonyl (C=O) groups is 1. The molecule has 3 aromatic rings. The molecule has 1 aromatic carbocycles. The standard InChI is InChI=1S/C18H17Cl2N3O2S/c1-11-22-15(10-26-11)16-7-6-13(25-16)8-21-18(24)23(2)9-12-4-3-5-14(19)17(12)20/h3-7,10H,8-9H2,1-2H3,(H,21,24). The van der Waals surface area contributed by atoms with Crippen molar-refractivity contribution < 1.29 is 9.21 Å². The van der Waals surface area contributed by atoms with Crippen LogP contribution in [-0.4, -0.2) is 23.0 Å². The van der Waals surface area contributed by atoms with E-state index in [1.165, 1.54) is 4.90 Å². The zero-order valence-corrected chi connectivity index (χ0v) is 16.6. The number of benzene rings is 1. The summed E-state index contributed by atoms with van der Waals surface area (Å²) in [5.74, 6) is 1.35. The van der Waals surface area contributed by atoms with Gasteiger partial charge in [0, 0.05) is 19.0 Å². The van der Waals surface area contributed by atoms with Gasteiger partial charge in [-0.2, -0.15) is 0 Å². The summed E-state index contributed by atoms with van der Waals surface area (Å²) < 4.78 is 5.74. The number of urea groups is 1. The van der Waals surface area contributed by atoms with Crippen LogP contribution in [-0.2, 0) is 13.1 Å². The van der Waals surface area contributed by atoms with Gasteiger partial charge >= 0.3 is 6.03 Å². The number of amides is 2. The quantitative estimate of drug-likeness (QED) is 0.616. The molecule has 0 saturated heterocycles. The molecular formula is C18H17Cl2N3O2S. The third kappa shape index (κ3) is 4.38. The van der Waals surface area contributed by atoms with Gasteiger partial charge in [0.15, 0.2) is 5.76 Å². The summed E-state index contributed by atoms with van der Waals surface area (Å²) in [7, 11) is 1.69. The average molecular weight is 410 g/mol. The molecule has 3 rings (SSSR count). The van der Waals surface area contributed by atoms with Gasteiger partial charge in [0.05, 0.1) is 21.6 Å². The Morgan fingerprint density at radius 2 is 2.12 bits per heavy atom. The number of nitrogens with one attached hydrogen (secondary N) is 1. The Morgan fingerprint density at radius 1 is 1.31 bits per heavy atom. The lowest BCUT2D eigenvalue weighted by Gasteiger charge is -2.18. The summed E-state index contributed by atoms with van der Waals surface area (Å²) >= 11 is 13.7. The van der Waals surface area contributed by atoms with Crippen molar-refractivity contribution in [2.75, 3.05) is 7.05 Å². The van der Waals surface area contributed by atoms with Gasteiger partial charge in [-0.05, 0) is 30.7 Å². The molecule has 26 heavy (non-hydrogen) atoms. The minimum Gasteiger partial charge on any atom is -0.458 e. The van der Waals surface area contributed by atoms with Crippen LogP contribution in [0.5, 0.6) is 0 Å². The Labute approximate surface area is 165 Å². The van der Waals surface area contributed by atoms with Crippen LogP contribution >= 0.6 is 34.5 Å². The molecule has 0 radical (unpaired) electrons. The van der Waals surface area contributed by atoms with Crippen molar-refractivity contribution >= 4 is 40.6 Å². The fraction of sp³-hybridized carbons (Fsp3) is 0.222. The lowest BCUT2D eigenvalue weighted by Crippen LogP contribution is -2.36. The average Bonchev–Trinajstić information content (AvgIpc) is 3.25. The first kappa shape index (κ1) is 18.8. The molecule has 8 heteroatoms. The summed E-state index contributed by atoms with van der Waals surface area (Å²) in [6, 6.07) is 8.81. The van der Waals surface area contributed by atoms with Crippen molar-refractivity contribution in [1.82, 2.24) is 15.2 Å². The van der Waals surface area contributed by atoms with Crippen LogP contribution in [0.15, 0.2) is 40.1 Å². The van der Waals surface area contributed by atoms with Crippen LogP contribution in [0.3, 0.4) is 0 Å². The first-order chi connectivity index (χ1) is 12.4. The SMILES string of the molecule is Cc1nc(-c2ccc(CNC(=O)N(C)Cc3cccc(Cl)c3Cl)o2)cs1. The van der Waals surface area contributed by atoms with Gasteiger partial charge in [-0.15, -0.1) is 11.3 Å². The number of aryl methyl sites for hydroxylation is 1. The van der Waals surface area contributed by atoms with Crippen LogP contribution in [0.1, 0.15) is 16.3 Å². The molecule has 0 saturated carbocycles. The number of rotatable bonds is 5. The number of halogens is 2. The summed E-state index contributed by atoms with van der Waals surface area (Å²) in [6.07, 6.45) is 0. The maximum atomic E-state index is 12.3. The minimum absolute atomic E-state index is 0.233. The first-order valence-electron chi connectivity index (χ1n) is 7.87. The van der Waals surface area contributed by atoms with E-state index in [1.54, 1.807) is 30.5 Å². The maximum Gasteiger partial charge on any atom is 0.317 e. The van der Waals surface area contributed by atoms with Crippen LogP contribution in [0.2, 0.25) is 10.0 Å². The maximum absolute atomic E-state index is 12.3. The number of carbonyl (C=O) groups excluding carboxylic acids is 1. The zero-order chi connectivity index (χ0) is 18.7. The summed E-state index contributed by atoms with van der Waals surface area (Å²) in [5.41, 5.74) is 1.59. The van der Waals surface area contributed by atoms with Crippen molar-refractivity contribution in [1.29, 1.82) is 0 Å². The fourth-order valence-electron chi connectivity index (χ4n) is 2.38. The van der Waals surface area contributed by atoms with Gasteiger partial charge < -0.3 is 14.6 Å². The van der Waals surface area contributed by atoms with Gasteiger partial charge in [0.25, 0.3) is 0 Å². The summed E-state index contributed by atoms with van der Waals surface area (Å²) in [6.45, 7) is 2.59. The molecule has 0 atom stereocenters.